The fraction of sp³-hybridized carbons (Fsp3) is 0.0342. The summed E-state index contributed by atoms with van der Waals surface area (Å²) in [4.78, 5) is 24.9. The Bertz CT molecular complexity index is 7120. The molecule has 0 saturated heterocycles. The smallest absolute Gasteiger partial charge is 0.249 e. The molecule has 17 aromatic carbocycles. The zero-order chi connectivity index (χ0) is 83.0. The fourth-order valence-corrected chi connectivity index (χ4v) is 23.0. The second-order valence-corrected chi connectivity index (χ2v) is 33.8. The van der Waals surface area contributed by atoms with Crippen LogP contribution in [-0.2, 0) is 10.8 Å². The molecule has 0 unspecified atom stereocenters. The predicted molar refractivity (Wildman–Crippen MR) is 542 cm³/mol. The van der Waals surface area contributed by atoms with Crippen LogP contribution in [-0.4, -0.2) is 41.8 Å². The molecule has 0 radical (unpaired) electrons. The summed E-state index contributed by atoms with van der Waals surface area (Å²) < 4.78 is 0. The van der Waals surface area contributed by atoms with E-state index in [9.17, 15) is 0 Å². The third-order valence-corrected chi connectivity index (χ3v) is 27.7. The first-order chi connectivity index (χ1) is 62.6. The monoisotopic (exact) mass is 1630 g/mol. The fourth-order valence-electron chi connectivity index (χ4n) is 23.0. The molecule has 0 spiro atoms. The van der Waals surface area contributed by atoms with E-state index in [1.54, 1.807) is 0 Å². The molecular formula is C117H85B4N7. The van der Waals surface area contributed by atoms with E-state index in [2.05, 4.69) is 450 Å². The van der Waals surface area contributed by atoms with Crippen LogP contribution in [0.15, 0.2) is 468 Å². The summed E-state index contributed by atoms with van der Waals surface area (Å²) in [5.74, 6) is 0. The van der Waals surface area contributed by atoms with Gasteiger partial charge in [-0.1, -0.05) is 395 Å². The standard InChI is InChI=1S/C58H39B2N3.C57H38B2N4.2CH4/c1-4-22-41(23-5-1)58(42-24-6-2-7-25-42)46-30-12-13-31-48(46)60-50-33-15-16-34-52(50)62(44-28-19-37-61-39-44)57-55(60)47(58)38-54-56(57)59(43-26-8-3-9-27-43)49-32-14-17-35-53(49)63(54)51-36-18-21-40-20-10-11-29-45(40)51;1-4-21-40(22-5-1)57(41-23-6-2-7-24-41)44-28-10-11-29-46(44)59-48-31-13-14-32-49(48)62(43-27-18-35-60-38-43)56-53(59)45(57)37-52-54(56)58(42-25-8-3-9-26-42)47-30-12-15-33-50(47)63(52)51-34-16-19-39-20-17-36-61-55(39)51;;/h1-39H;1-38H;2*1H4. The zero-order valence-electron chi connectivity index (χ0n) is 68.9. The number of hydrogen-bond acceptors (Lipinski definition) is 7. The van der Waals surface area contributed by atoms with E-state index in [4.69, 9.17) is 15.0 Å². The van der Waals surface area contributed by atoms with E-state index in [1.807, 2.05) is 37.1 Å². The molecule has 0 amide bonds. The molecule has 7 nitrogen and oxygen atoms in total. The van der Waals surface area contributed by atoms with Gasteiger partial charge in [-0.2, -0.15) is 0 Å². The van der Waals surface area contributed by atoms with Gasteiger partial charge in [0.05, 0.1) is 51.5 Å². The Morgan fingerprint density at radius 1 is 0.219 bits per heavy atom. The van der Waals surface area contributed by atoms with Crippen molar-refractivity contribution in [2.75, 3.05) is 19.6 Å². The van der Waals surface area contributed by atoms with Gasteiger partial charge in [0.1, 0.15) is 0 Å². The second kappa shape index (κ2) is 31.1. The molecule has 26 rings (SSSR count). The summed E-state index contributed by atoms with van der Waals surface area (Å²) >= 11 is 0. The molecule has 11 heteroatoms. The van der Waals surface area contributed by atoms with Crippen molar-refractivity contribution in [2.45, 2.75) is 25.7 Å². The Hall–Kier alpha value is -15.8. The van der Waals surface area contributed by atoms with Crippen LogP contribution >= 0.6 is 0 Å². The van der Waals surface area contributed by atoms with Crippen molar-refractivity contribution in [3.63, 3.8) is 0 Å². The lowest BCUT2D eigenvalue weighted by Crippen LogP contribution is -2.68. The van der Waals surface area contributed by atoms with Gasteiger partial charge in [0.15, 0.2) is 0 Å². The summed E-state index contributed by atoms with van der Waals surface area (Å²) in [6.07, 6.45) is 9.75. The van der Waals surface area contributed by atoms with Crippen LogP contribution in [0.4, 0.5) is 68.2 Å². The molecule has 0 bridgehead atoms. The zero-order valence-corrected chi connectivity index (χ0v) is 68.9. The molecule has 0 atom stereocenters. The third kappa shape index (κ3) is 11.3. The Balaban J connectivity index is 0.000000144. The molecule has 0 N–H and O–H groups in total. The van der Waals surface area contributed by atoms with Gasteiger partial charge in [0.2, 0.25) is 26.9 Å². The molecule has 9 heterocycles. The molecule has 0 aliphatic carbocycles. The highest BCUT2D eigenvalue weighted by Crippen LogP contribution is 2.56. The summed E-state index contributed by atoms with van der Waals surface area (Å²) in [6, 6.07) is 162. The predicted octanol–water partition coefficient (Wildman–Crippen LogP) is 19.7. The largest absolute Gasteiger partial charge is 0.311 e. The number of rotatable bonds is 10. The third-order valence-electron chi connectivity index (χ3n) is 27.7. The number of aromatic nitrogens is 3. The maximum absolute atomic E-state index is 5.12. The highest BCUT2D eigenvalue weighted by Gasteiger charge is 2.57. The van der Waals surface area contributed by atoms with Crippen LogP contribution in [0.2, 0.25) is 0 Å². The topological polar surface area (TPSA) is 51.6 Å². The van der Waals surface area contributed by atoms with Crippen LogP contribution < -0.4 is 85.2 Å². The Kier molecular flexibility index (Phi) is 18.7. The first-order valence-corrected chi connectivity index (χ1v) is 43.8. The minimum atomic E-state index is -0.691. The van der Waals surface area contributed by atoms with E-state index < -0.39 is 10.8 Å². The molecule has 128 heavy (non-hydrogen) atoms. The Morgan fingerprint density at radius 3 is 0.969 bits per heavy atom. The van der Waals surface area contributed by atoms with Gasteiger partial charge in [0.25, 0.3) is 0 Å². The van der Waals surface area contributed by atoms with Crippen LogP contribution in [0.1, 0.15) is 59.4 Å². The van der Waals surface area contributed by atoms with Gasteiger partial charge in [-0.15, -0.1) is 0 Å². The molecule has 0 saturated carbocycles. The summed E-state index contributed by atoms with van der Waals surface area (Å²) in [5, 5.41) is 3.52. The van der Waals surface area contributed by atoms with Crippen molar-refractivity contribution in [3.8, 4) is 0 Å². The minimum Gasteiger partial charge on any atom is -0.311 e. The molecule has 6 aliphatic rings. The summed E-state index contributed by atoms with van der Waals surface area (Å²) in [6.45, 7) is -0.292. The molecule has 3 aromatic heterocycles. The maximum Gasteiger partial charge on any atom is 0.249 e. The van der Waals surface area contributed by atoms with Crippen molar-refractivity contribution < 1.29 is 0 Å². The Morgan fingerprint density at radius 2 is 0.539 bits per heavy atom. The number of fused-ring (bicyclic) bond motifs is 16. The van der Waals surface area contributed by atoms with Crippen molar-refractivity contribution in [1.29, 1.82) is 0 Å². The van der Waals surface area contributed by atoms with Crippen LogP contribution in [0.25, 0.3) is 21.7 Å². The van der Waals surface area contributed by atoms with Crippen molar-refractivity contribution in [3.05, 3.63) is 512 Å². The van der Waals surface area contributed by atoms with Gasteiger partial charge in [-0.25, -0.2) is 0 Å². The molecule has 20 aromatic rings. The number of anilines is 12. The summed E-state index contributed by atoms with van der Waals surface area (Å²) in [5.41, 5.74) is 38.8. The van der Waals surface area contributed by atoms with Crippen molar-refractivity contribution in [2.24, 2.45) is 0 Å². The van der Waals surface area contributed by atoms with Gasteiger partial charge >= 0.3 is 0 Å². The van der Waals surface area contributed by atoms with E-state index in [0.29, 0.717) is 0 Å². The van der Waals surface area contributed by atoms with Gasteiger partial charge in [-0.05, 0) is 172 Å². The molecule has 600 valence electrons. The molecule has 0 fully saturated rings. The first-order valence-electron chi connectivity index (χ1n) is 43.8. The van der Waals surface area contributed by atoms with E-state index in [0.717, 1.165) is 50.7 Å². The number of hydrogen-bond donors (Lipinski definition) is 0. The summed E-state index contributed by atoms with van der Waals surface area (Å²) in [7, 11) is 0. The first kappa shape index (κ1) is 77.0. The lowest BCUT2D eigenvalue weighted by molar-refractivity contribution is 0.751. The highest BCUT2D eigenvalue weighted by molar-refractivity contribution is 7.04. The number of pyridine rings is 3. The van der Waals surface area contributed by atoms with Crippen molar-refractivity contribution in [1.82, 2.24) is 15.0 Å². The maximum atomic E-state index is 5.12. The number of nitrogens with zero attached hydrogens (tertiary/aromatic N) is 7. The normalized spacial score (nSPS) is 13.8. The second-order valence-electron chi connectivity index (χ2n) is 33.8. The molecular weight excluding hydrogens is 1550 g/mol. The lowest BCUT2D eigenvalue weighted by atomic mass is 9.27. The average Bonchev–Trinajstić information content (AvgIpc) is 0.668. The van der Waals surface area contributed by atoms with E-state index >= 15 is 0 Å². The van der Waals surface area contributed by atoms with Crippen LogP contribution in [0, 0.1) is 0 Å². The Labute approximate surface area is 749 Å². The SMILES string of the molecule is C.C.c1ccc(B2c3ccccc3N(c3cccc4ccccc34)c3cc4c5c(c32)N(c2cccnc2)c2ccccc2B5c2ccccc2C4(c2ccccc2)c2ccccc2)cc1.c1ccc(B2c3ccccc3N(c3cccc4cccnc34)c3cc4c5c(c32)N(c2cccnc2)c2ccccc2B5c2ccccc2C4(c2ccccc2)c2ccccc2)cc1. The van der Waals surface area contributed by atoms with Crippen LogP contribution in [0.3, 0.4) is 0 Å². The van der Waals surface area contributed by atoms with E-state index in [-0.39, 0.29) is 41.7 Å². The van der Waals surface area contributed by atoms with Gasteiger partial charge < -0.3 is 19.6 Å². The number of para-hydroxylation sites is 5. The number of benzene rings is 17. The van der Waals surface area contributed by atoms with Crippen LogP contribution in [0.5, 0.6) is 0 Å². The lowest BCUT2D eigenvalue weighted by Gasteiger charge is -2.51. The van der Waals surface area contributed by atoms with E-state index in [1.165, 1.54) is 149 Å². The van der Waals surface area contributed by atoms with Crippen molar-refractivity contribution >= 4 is 182 Å². The van der Waals surface area contributed by atoms with Gasteiger partial charge in [0, 0.05) is 74.9 Å². The average molecular weight is 1630 g/mol. The highest BCUT2D eigenvalue weighted by atomic mass is 15.2. The molecule has 6 aliphatic heterocycles. The van der Waals surface area contributed by atoms with Gasteiger partial charge in [-0.3, -0.25) is 15.0 Å². The quantitative estimate of drug-likeness (QED) is 0.126. The minimum absolute atomic E-state index is 0.